The zero-order valence-electron chi connectivity index (χ0n) is 18.4. The minimum Gasteiger partial charge on any atom is -0.432 e. The van der Waals surface area contributed by atoms with Gasteiger partial charge in [-0.05, 0) is 74.0 Å². The van der Waals surface area contributed by atoms with Crippen molar-refractivity contribution in [2.45, 2.75) is 83.5 Å². The normalized spacial score (nSPS) is 34.6. The van der Waals surface area contributed by atoms with Gasteiger partial charge in [0.1, 0.15) is 0 Å². The van der Waals surface area contributed by atoms with Crippen molar-refractivity contribution in [1.29, 1.82) is 0 Å². The second-order valence-corrected chi connectivity index (χ2v) is 9.66. The monoisotopic (exact) mass is 440 g/mol. The van der Waals surface area contributed by atoms with E-state index in [1.807, 2.05) is 0 Å². The van der Waals surface area contributed by atoms with Gasteiger partial charge < -0.3 is 14.2 Å². The molecule has 3 fully saturated rings. The molecule has 0 aromatic heterocycles. The van der Waals surface area contributed by atoms with E-state index in [2.05, 4.69) is 11.7 Å². The Morgan fingerprint density at radius 3 is 2.13 bits per heavy atom. The van der Waals surface area contributed by atoms with Crippen LogP contribution in [0.1, 0.15) is 76.2 Å². The van der Waals surface area contributed by atoms with E-state index in [1.54, 1.807) is 6.07 Å². The molecule has 3 aliphatic rings. The predicted molar refractivity (Wildman–Crippen MR) is 113 cm³/mol. The summed E-state index contributed by atoms with van der Waals surface area (Å²) >= 11 is 0. The fraction of sp³-hybridized carbons (Fsp3) is 0.760. The fourth-order valence-corrected chi connectivity index (χ4v) is 5.83. The van der Waals surface area contributed by atoms with Gasteiger partial charge in [-0.15, -0.1) is 0 Å². The van der Waals surface area contributed by atoms with Gasteiger partial charge in [0.2, 0.25) is 0 Å². The highest BCUT2D eigenvalue weighted by Gasteiger charge is 2.36. The lowest BCUT2D eigenvalue weighted by Gasteiger charge is -2.41. The number of hydrogen-bond donors (Lipinski definition) is 0. The van der Waals surface area contributed by atoms with Gasteiger partial charge >= 0.3 is 6.61 Å². The summed E-state index contributed by atoms with van der Waals surface area (Å²) < 4.78 is 55.3. The van der Waals surface area contributed by atoms with E-state index in [9.17, 15) is 13.2 Å². The molecule has 0 bridgehead atoms. The first-order chi connectivity index (χ1) is 15.0. The number of alkyl halides is 2. The smallest absolute Gasteiger partial charge is 0.387 e. The van der Waals surface area contributed by atoms with Gasteiger partial charge in [-0.1, -0.05) is 32.3 Å². The molecule has 0 unspecified atom stereocenters. The molecule has 6 heteroatoms. The topological polar surface area (TPSA) is 27.7 Å². The van der Waals surface area contributed by atoms with Crippen molar-refractivity contribution in [3.63, 3.8) is 0 Å². The van der Waals surface area contributed by atoms with E-state index >= 15 is 0 Å². The average Bonchev–Trinajstić information content (AvgIpc) is 2.80. The molecule has 31 heavy (non-hydrogen) atoms. The van der Waals surface area contributed by atoms with Crippen molar-refractivity contribution < 1.29 is 27.4 Å². The third-order valence-corrected chi connectivity index (χ3v) is 7.88. The van der Waals surface area contributed by atoms with E-state index in [4.69, 9.17) is 9.47 Å². The van der Waals surface area contributed by atoms with Crippen LogP contribution in [0.3, 0.4) is 0 Å². The third-order valence-electron chi connectivity index (χ3n) is 7.88. The Morgan fingerprint density at radius 2 is 1.55 bits per heavy atom. The van der Waals surface area contributed by atoms with Gasteiger partial charge in [-0.2, -0.15) is 8.78 Å². The molecule has 1 aromatic rings. The van der Waals surface area contributed by atoms with Crippen LogP contribution in [0.4, 0.5) is 13.2 Å². The summed E-state index contributed by atoms with van der Waals surface area (Å²) in [4.78, 5) is 0. The number of halogens is 3. The highest BCUT2D eigenvalue weighted by Crippen LogP contribution is 2.41. The van der Waals surface area contributed by atoms with Gasteiger partial charge in [-0.25, -0.2) is 4.39 Å². The molecule has 0 radical (unpaired) electrons. The van der Waals surface area contributed by atoms with Crippen molar-refractivity contribution in [1.82, 2.24) is 0 Å². The summed E-state index contributed by atoms with van der Waals surface area (Å²) in [7, 11) is 0. The summed E-state index contributed by atoms with van der Waals surface area (Å²) in [6.45, 7) is 0.897. The summed E-state index contributed by atoms with van der Waals surface area (Å²) in [6.07, 6.45) is 10.3. The highest BCUT2D eigenvalue weighted by atomic mass is 19.3. The van der Waals surface area contributed by atoms with Gasteiger partial charge in [0, 0.05) is 11.8 Å². The zero-order chi connectivity index (χ0) is 21.8. The van der Waals surface area contributed by atoms with Crippen molar-refractivity contribution in [3.05, 3.63) is 29.6 Å². The minimum absolute atomic E-state index is 0.122. The summed E-state index contributed by atoms with van der Waals surface area (Å²) in [5, 5.41) is 0. The largest absolute Gasteiger partial charge is 0.432 e. The van der Waals surface area contributed by atoms with E-state index < -0.39 is 18.2 Å². The van der Waals surface area contributed by atoms with Crippen LogP contribution < -0.4 is 4.74 Å². The van der Waals surface area contributed by atoms with Crippen LogP contribution in [-0.2, 0) is 9.47 Å². The van der Waals surface area contributed by atoms with Crippen LogP contribution in [0, 0.1) is 29.5 Å². The molecule has 1 saturated heterocycles. The molecule has 2 saturated carbocycles. The van der Waals surface area contributed by atoms with E-state index in [0.29, 0.717) is 11.8 Å². The molecule has 0 amide bonds. The van der Waals surface area contributed by atoms with Gasteiger partial charge in [-0.3, -0.25) is 0 Å². The molecule has 0 N–H and O–H groups in total. The first kappa shape index (κ1) is 22.9. The van der Waals surface area contributed by atoms with E-state index in [-0.39, 0.29) is 12.2 Å². The van der Waals surface area contributed by atoms with Gasteiger partial charge in [0.15, 0.2) is 17.9 Å². The summed E-state index contributed by atoms with van der Waals surface area (Å²) in [6, 6.07) is 4.36. The van der Waals surface area contributed by atoms with Gasteiger partial charge in [0.05, 0.1) is 13.2 Å². The summed E-state index contributed by atoms with van der Waals surface area (Å²) in [5.74, 6) is 1.67. The molecule has 1 heterocycles. The van der Waals surface area contributed by atoms with Crippen LogP contribution >= 0.6 is 0 Å². The molecular weight excluding hydrogens is 405 g/mol. The number of rotatable bonds is 6. The van der Waals surface area contributed by atoms with Crippen LogP contribution in [0.25, 0.3) is 0 Å². The second-order valence-electron chi connectivity index (χ2n) is 9.66. The molecule has 1 aliphatic heterocycles. The van der Waals surface area contributed by atoms with Crippen LogP contribution in [0.2, 0.25) is 0 Å². The highest BCUT2D eigenvalue weighted by molar-refractivity contribution is 5.31. The molecule has 2 aliphatic carbocycles. The van der Waals surface area contributed by atoms with Crippen molar-refractivity contribution in [3.8, 4) is 5.75 Å². The SMILES string of the molecule is CCC1CCC(C2COC(C3CCC(c4ccc(OC(F)F)c(F)c4)CC3)OC2)CC1. The Kier molecular flexibility index (Phi) is 7.81. The standard InChI is InChI=1S/C25H35F3O3/c1-2-16-3-5-18(6-4-16)21-14-29-24(30-15-21)19-9-7-17(8-10-19)20-11-12-23(22(26)13-20)31-25(27)28/h11-13,16-19,21,24-25H,2-10,14-15H2,1H3. The maximum absolute atomic E-state index is 14.1. The predicted octanol–water partition coefficient (Wildman–Crippen LogP) is 6.91. The van der Waals surface area contributed by atoms with Crippen LogP contribution in [0.5, 0.6) is 5.75 Å². The Hall–Kier alpha value is -1.27. The van der Waals surface area contributed by atoms with Crippen molar-refractivity contribution in [2.75, 3.05) is 13.2 Å². The fourth-order valence-electron chi connectivity index (χ4n) is 5.83. The third kappa shape index (κ3) is 5.75. The van der Waals surface area contributed by atoms with Crippen molar-refractivity contribution in [2.24, 2.45) is 23.7 Å². The zero-order valence-corrected chi connectivity index (χ0v) is 18.4. The Morgan fingerprint density at radius 1 is 0.903 bits per heavy atom. The Balaban J connectivity index is 1.22. The minimum atomic E-state index is -3.02. The molecule has 4 rings (SSSR count). The Labute approximate surface area is 183 Å². The second kappa shape index (κ2) is 10.6. The number of ether oxygens (including phenoxy) is 3. The van der Waals surface area contributed by atoms with E-state index in [0.717, 1.165) is 56.3 Å². The molecule has 0 spiro atoms. The summed E-state index contributed by atoms with van der Waals surface area (Å²) in [5.41, 5.74) is 0.853. The quantitative estimate of drug-likeness (QED) is 0.481. The molecule has 0 atom stereocenters. The number of benzene rings is 1. The average molecular weight is 441 g/mol. The molecule has 3 nitrogen and oxygen atoms in total. The van der Waals surface area contributed by atoms with Crippen LogP contribution in [-0.4, -0.2) is 26.1 Å². The van der Waals surface area contributed by atoms with Crippen LogP contribution in [0.15, 0.2) is 18.2 Å². The van der Waals surface area contributed by atoms with Gasteiger partial charge in [0.25, 0.3) is 0 Å². The first-order valence-corrected chi connectivity index (χ1v) is 12.0. The lowest BCUT2D eigenvalue weighted by molar-refractivity contribution is -0.236. The lowest BCUT2D eigenvalue weighted by Crippen LogP contribution is -2.41. The molecular formula is C25H35F3O3. The maximum atomic E-state index is 14.1. The molecule has 1 aromatic carbocycles. The van der Waals surface area contributed by atoms with Crippen molar-refractivity contribution >= 4 is 0 Å². The first-order valence-electron chi connectivity index (χ1n) is 12.0. The maximum Gasteiger partial charge on any atom is 0.387 e. The Bertz CT molecular complexity index is 689. The van der Waals surface area contributed by atoms with E-state index in [1.165, 1.54) is 44.2 Å². The molecule has 174 valence electrons. The number of hydrogen-bond acceptors (Lipinski definition) is 3. The lowest BCUT2D eigenvalue weighted by atomic mass is 9.75.